The fourth-order valence-electron chi connectivity index (χ4n) is 2.54. The van der Waals surface area contributed by atoms with E-state index in [0.29, 0.717) is 27.9 Å². The summed E-state index contributed by atoms with van der Waals surface area (Å²) >= 11 is 5.25. The molecule has 0 aliphatic carbocycles. The average Bonchev–Trinajstić information content (AvgIpc) is 2.52. The first-order valence-corrected chi connectivity index (χ1v) is 7.99. The second-order valence-electron chi connectivity index (χ2n) is 5.63. The zero-order valence-corrected chi connectivity index (χ0v) is 15.2. The SMILES string of the molecule is COc1ccc(OC)c([C@H]2NC(=S)NC(C)=C2C(=O)OC(C)C)c1. The standard InChI is InChI=1S/C17H22N2O4S/c1-9(2)23-16(20)14-10(3)18-17(24)19-15(14)12-8-11(21-4)6-7-13(12)22-5/h6-9,15H,1-5H3,(H2,18,19,24)/t15-/m1/s1. The van der Waals surface area contributed by atoms with Gasteiger partial charge in [0.05, 0.1) is 31.9 Å². The van der Waals surface area contributed by atoms with Gasteiger partial charge in [0.2, 0.25) is 0 Å². The fraction of sp³-hybridized carbons (Fsp3) is 0.412. The van der Waals surface area contributed by atoms with Crippen molar-refractivity contribution >= 4 is 23.3 Å². The Morgan fingerprint density at radius 2 is 1.96 bits per heavy atom. The smallest absolute Gasteiger partial charge is 0.338 e. The summed E-state index contributed by atoms with van der Waals surface area (Å²) < 4.78 is 16.1. The summed E-state index contributed by atoms with van der Waals surface area (Å²) in [6.45, 7) is 5.41. The molecule has 0 unspecified atom stereocenters. The van der Waals surface area contributed by atoms with Crippen LogP contribution in [0.4, 0.5) is 0 Å². The zero-order valence-electron chi connectivity index (χ0n) is 14.4. The lowest BCUT2D eigenvalue weighted by atomic mass is 9.94. The fourth-order valence-corrected chi connectivity index (χ4v) is 2.81. The van der Waals surface area contributed by atoms with Gasteiger partial charge in [0.15, 0.2) is 5.11 Å². The van der Waals surface area contributed by atoms with E-state index in [2.05, 4.69) is 10.6 Å². The van der Waals surface area contributed by atoms with Gasteiger partial charge >= 0.3 is 5.97 Å². The molecule has 0 spiro atoms. The topological polar surface area (TPSA) is 68.8 Å². The maximum Gasteiger partial charge on any atom is 0.338 e. The van der Waals surface area contributed by atoms with Crippen molar-refractivity contribution in [1.29, 1.82) is 0 Å². The molecular formula is C17H22N2O4S. The molecule has 0 aromatic heterocycles. The summed E-state index contributed by atoms with van der Waals surface area (Å²) in [7, 11) is 3.16. The Balaban J connectivity index is 2.54. The maximum absolute atomic E-state index is 12.6. The van der Waals surface area contributed by atoms with E-state index >= 15 is 0 Å². The van der Waals surface area contributed by atoms with Crippen molar-refractivity contribution in [2.24, 2.45) is 0 Å². The number of thiocarbonyl (C=S) groups is 1. The van der Waals surface area contributed by atoms with Crippen LogP contribution in [0, 0.1) is 0 Å². The first-order valence-electron chi connectivity index (χ1n) is 7.58. The summed E-state index contributed by atoms with van der Waals surface area (Å²) in [5, 5.41) is 6.53. The Hall–Kier alpha value is -2.28. The molecule has 1 aromatic rings. The summed E-state index contributed by atoms with van der Waals surface area (Å²) in [6.07, 6.45) is -0.223. The van der Waals surface area contributed by atoms with Gasteiger partial charge in [0.25, 0.3) is 0 Å². The molecule has 0 fully saturated rings. The number of nitrogens with one attached hydrogen (secondary N) is 2. The van der Waals surface area contributed by atoms with Crippen molar-refractivity contribution in [3.63, 3.8) is 0 Å². The van der Waals surface area contributed by atoms with Gasteiger partial charge in [-0.05, 0) is 51.2 Å². The minimum Gasteiger partial charge on any atom is -0.497 e. The highest BCUT2D eigenvalue weighted by atomic mass is 32.1. The number of carbonyl (C=O) groups excluding carboxylic acids is 1. The molecule has 0 saturated heterocycles. The van der Waals surface area contributed by atoms with Crippen LogP contribution in [0.25, 0.3) is 0 Å². The van der Waals surface area contributed by atoms with Gasteiger partial charge in [0.1, 0.15) is 11.5 Å². The number of rotatable bonds is 5. The Kier molecular flexibility index (Phi) is 5.66. The lowest BCUT2D eigenvalue weighted by Crippen LogP contribution is -2.45. The van der Waals surface area contributed by atoms with Gasteiger partial charge in [-0.3, -0.25) is 0 Å². The third-order valence-corrected chi connectivity index (χ3v) is 3.80. The Labute approximate surface area is 147 Å². The Bertz CT molecular complexity index is 685. The number of ether oxygens (including phenoxy) is 3. The number of methoxy groups -OCH3 is 2. The second kappa shape index (κ2) is 7.53. The quantitative estimate of drug-likeness (QED) is 0.624. The largest absolute Gasteiger partial charge is 0.497 e. The molecule has 0 amide bonds. The molecule has 0 bridgehead atoms. The van der Waals surface area contributed by atoms with Gasteiger partial charge in [-0.2, -0.15) is 0 Å². The van der Waals surface area contributed by atoms with Crippen LogP contribution in [0.2, 0.25) is 0 Å². The van der Waals surface area contributed by atoms with Crippen molar-refractivity contribution in [3.05, 3.63) is 35.0 Å². The number of esters is 1. The Morgan fingerprint density at radius 3 is 2.54 bits per heavy atom. The molecule has 7 heteroatoms. The van der Waals surface area contributed by atoms with Crippen molar-refractivity contribution in [3.8, 4) is 11.5 Å². The molecule has 0 radical (unpaired) electrons. The predicted molar refractivity (Wildman–Crippen MR) is 95.1 cm³/mol. The van der Waals surface area contributed by atoms with E-state index in [1.165, 1.54) is 0 Å². The van der Waals surface area contributed by atoms with E-state index < -0.39 is 12.0 Å². The van der Waals surface area contributed by atoms with Crippen LogP contribution in [-0.4, -0.2) is 31.4 Å². The van der Waals surface area contributed by atoms with Crippen LogP contribution >= 0.6 is 12.2 Å². The molecule has 0 saturated carbocycles. The van der Waals surface area contributed by atoms with Crippen LogP contribution in [0.5, 0.6) is 11.5 Å². The highest BCUT2D eigenvalue weighted by molar-refractivity contribution is 7.80. The van der Waals surface area contributed by atoms with Crippen molar-refractivity contribution in [1.82, 2.24) is 10.6 Å². The van der Waals surface area contributed by atoms with Crippen molar-refractivity contribution < 1.29 is 19.0 Å². The van der Waals surface area contributed by atoms with E-state index in [9.17, 15) is 4.79 Å². The molecule has 1 atom stereocenters. The van der Waals surface area contributed by atoms with Gasteiger partial charge < -0.3 is 24.8 Å². The van der Waals surface area contributed by atoms with E-state index in [-0.39, 0.29) is 6.10 Å². The monoisotopic (exact) mass is 350 g/mol. The van der Waals surface area contributed by atoms with Crippen LogP contribution < -0.4 is 20.1 Å². The number of benzene rings is 1. The van der Waals surface area contributed by atoms with Crippen LogP contribution in [0.1, 0.15) is 32.4 Å². The molecule has 130 valence electrons. The van der Waals surface area contributed by atoms with Gasteiger partial charge in [-0.15, -0.1) is 0 Å². The molecular weight excluding hydrogens is 328 g/mol. The third kappa shape index (κ3) is 3.79. The van der Waals surface area contributed by atoms with Crippen molar-refractivity contribution in [2.45, 2.75) is 32.9 Å². The normalized spacial score (nSPS) is 17.2. The van der Waals surface area contributed by atoms with Gasteiger partial charge in [-0.1, -0.05) is 0 Å². The van der Waals surface area contributed by atoms with E-state index in [4.69, 9.17) is 26.4 Å². The highest BCUT2D eigenvalue weighted by Gasteiger charge is 2.33. The number of allylic oxidation sites excluding steroid dienone is 1. The van der Waals surface area contributed by atoms with Crippen LogP contribution in [-0.2, 0) is 9.53 Å². The lowest BCUT2D eigenvalue weighted by molar-refractivity contribution is -0.143. The first-order chi connectivity index (χ1) is 11.4. The molecule has 1 aliphatic heterocycles. The number of hydrogen-bond acceptors (Lipinski definition) is 5. The molecule has 1 aliphatic rings. The first kappa shape index (κ1) is 18.1. The summed E-state index contributed by atoms with van der Waals surface area (Å²) in [5.74, 6) is 0.881. The Morgan fingerprint density at radius 1 is 1.25 bits per heavy atom. The van der Waals surface area contributed by atoms with Gasteiger partial charge in [0, 0.05) is 11.3 Å². The number of hydrogen-bond donors (Lipinski definition) is 2. The lowest BCUT2D eigenvalue weighted by Gasteiger charge is -2.31. The molecule has 2 N–H and O–H groups in total. The van der Waals surface area contributed by atoms with Crippen molar-refractivity contribution in [2.75, 3.05) is 14.2 Å². The molecule has 24 heavy (non-hydrogen) atoms. The molecule has 1 aromatic carbocycles. The van der Waals surface area contributed by atoms with Crippen LogP contribution in [0.15, 0.2) is 29.5 Å². The second-order valence-corrected chi connectivity index (χ2v) is 6.04. The predicted octanol–water partition coefficient (Wildman–Crippen LogP) is 2.45. The van der Waals surface area contributed by atoms with Crippen LogP contribution in [0.3, 0.4) is 0 Å². The van der Waals surface area contributed by atoms with E-state index in [0.717, 1.165) is 5.56 Å². The van der Waals surface area contributed by atoms with Gasteiger partial charge in [-0.25, -0.2) is 4.79 Å². The molecule has 6 nitrogen and oxygen atoms in total. The highest BCUT2D eigenvalue weighted by Crippen LogP contribution is 2.36. The third-order valence-electron chi connectivity index (χ3n) is 3.58. The minimum absolute atomic E-state index is 0.223. The molecule has 2 rings (SSSR count). The average molecular weight is 350 g/mol. The van der Waals surface area contributed by atoms with E-state index in [1.54, 1.807) is 33.3 Å². The summed E-state index contributed by atoms with van der Waals surface area (Å²) in [5.41, 5.74) is 1.86. The zero-order chi connectivity index (χ0) is 17.9. The minimum atomic E-state index is -0.491. The maximum atomic E-state index is 12.6. The number of carbonyl (C=O) groups is 1. The molecule has 1 heterocycles. The summed E-state index contributed by atoms with van der Waals surface area (Å²) in [6, 6.07) is 4.92. The van der Waals surface area contributed by atoms with E-state index in [1.807, 2.05) is 19.9 Å². The summed E-state index contributed by atoms with van der Waals surface area (Å²) in [4.78, 5) is 12.6.